The van der Waals surface area contributed by atoms with E-state index < -0.39 is 11.7 Å². The standard InChI is InChI=1S/C18H11Cl2F3N2/c1-2-11-10-25(24-16(11)12-6-4-3-5-7-12)17-14(19)8-13(9-15(17)20)18(21,22)23/h2-10H,1H2. The first-order valence-corrected chi connectivity index (χ1v) is 7.91. The smallest absolute Gasteiger partial charge is 0.237 e. The van der Waals surface area contributed by atoms with Crippen LogP contribution in [-0.2, 0) is 6.18 Å². The third-order valence-corrected chi connectivity index (χ3v) is 4.16. The molecule has 0 aliphatic rings. The second-order valence-electron chi connectivity index (χ2n) is 5.23. The highest BCUT2D eigenvalue weighted by molar-refractivity contribution is 6.37. The van der Waals surface area contributed by atoms with Gasteiger partial charge in [-0.05, 0) is 12.1 Å². The van der Waals surface area contributed by atoms with Gasteiger partial charge in [0.15, 0.2) is 0 Å². The molecule has 0 saturated carbocycles. The average Bonchev–Trinajstić information content (AvgIpc) is 2.98. The Kier molecular flexibility index (Phi) is 4.62. The summed E-state index contributed by atoms with van der Waals surface area (Å²) in [6.07, 6.45) is -1.30. The molecule has 0 N–H and O–H groups in total. The number of hydrogen-bond donors (Lipinski definition) is 0. The van der Waals surface area contributed by atoms with E-state index in [9.17, 15) is 13.2 Å². The molecule has 0 saturated heterocycles. The first kappa shape index (κ1) is 17.6. The molecular weight excluding hydrogens is 372 g/mol. The number of alkyl halides is 3. The van der Waals surface area contributed by atoms with Crippen LogP contribution in [-0.4, -0.2) is 9.78 Å². The molecule has 1 aromatic heterocycles. The SMILES string of the molecule is C=Cc1cn(-c2c(Cl)cc(C(F)(F)F)cc2Cl)nc1-c1ccccc1. The van der Waals surface area contributed by atoms with Gasteiger partial charge in [0.05, 0.1) is 21.3 Å². The molecule has 0 fully saturated rings. The minimum Gasteiger partial charge on any atom is -0.237 e. The summed E-state index contributed by atoms with van der Waals surface area (Å²) in [5.74, 6) is 0. The maximum absolute atomic E-state index is 12.9. The summed E-state index contributed by atoms with van der Waals surface area (Å²) < 4.78 is 40.0. The van der Waals surface area contributed by atoms with Gasteiger partial charge in [-0.15, -0.1) is 0 Å². The molecule has 0 aliphatic carbocycles. The van der Waals surface area contributed by atoms with Crippen molar-refractivity contribution in [1.29, 1.82) is 0 Å². The van der Waals surface area contributed by atoms with Crippen molar-refractivity contribution in [3.63, 3.8) is 0 Å². The van der Waals surface area contributed by atoms with E-state index in [1.54, 1.807) is 12.3 Å². The summed E-state index contributed by atoms with van der Waals surface area (Å²) in [5.41, 5.74) is 1.45. The van der Waals surface area contributed by atoms with E-state index in [2.05, 4.69) is 11.7 Å². The lowest BCUT2D eigenvalue weighted by Gasteiger charge is -2.12. The molecule has 0 unspecified atom stereocenters. The van der Waals surface area contributed by atoms with Crippen LogP contribution in [0.15, 0.2) is 55.2 Å². The van der Waals surface area contributed by atoms with Gasteiger partial charge in [0.25, 0.3) is 0 Å². The molecule has 25 heavy (non-hydrogen) atoms. The van der Waals surface area contributed by atoms with Gasteiger partial charge in [0.2, 0.25) is 0 Å². The Morgan fingerprint density at radius 3 is 2.16 bits per heavy atom. The summed E-state index contributed by atoms with van der Waals surface area (Å²) in [5, 5.41) is 4.15. The van der Waals surface area contributed by atoms with Crippen LogP contribution in [0.3, 0.4) is 0 Å². The number of nitrogens with zero attached hydrogens (tertiary/aromatic N) is 2. The monoisotopic (exact) mass is 382 g/mol. The van der Waals surface area contributed by atoms with Crippen LogP contribution in [0, 0.1) is 0 Å². The van der Waals surface area contributed by atoms with Gasteiger partial charge in [-0.2, -0.15) is 18.3 Å². The number of halogens is 5. The van der Waals surface area contributed by atoms with Crippen molar-refractivity contribution in [3.8, 4) is 16.9 Å². The van der Waals surface area contributed by atoms with Gasteiger partial charge in [-0.25, -0.2) is 4.68 Å². The van der Waals surface area contributed by atoms with Crippen molar-refractivity contribution in [1.82, 2.24) is 9.78 Å². The van der Waals surface area contributed by atoms with Crippen molar-refractivity contribution in [3.05, 3.63) is 76.4 Å². The predicted octanol–water partition coefficient (Wildman–Crippen LogP) is 6.51. The maximum Gasteiger partial charge on any atom is 0.416 e. The van der Waals surface area contributed by atoms with E-state index in [4.69, 9.17) is 23.2 Å². The third kappa shape index (κ3) is 3.43. The first-order valence-electron chi connectivity index (χ1n) is 7.15. The lowest BCUT2D eigenvalue weighted by atomic mass is 10.1. The Balaban J connectivity index is 2.15. The van der Waals surface area contributed by atoms with Crippen LogP contribution in [0.1, 0.15) is 11.1 Å². The van der Waals surface area contributed by atoms with Gasteiger partial charge in [0, 0.05) is 17.3 Å². The normalized spacial score (nSPS) is 11.6. The number of rotatable bonds is 3. The summed E-state index contributed by atoms with van der Waals surface area (Å²) in [4.78, 5) is 0. The summed E-state index contributed by atoms with van der Waals surface area (Å²) >= 11 is 12.1. The Labute approximate surface area is 152 Å². The fourth-order valence-electron chi connectivity index (χ4n) is 2.42. The van der Waals surface area contributed by atoms with Crippen molar-refractivity contribution in [2.75, 3.05) is 0 Å². The topological polar surface area (TPSA) is 17.8 Å². The van der Waals surface area contributed by atoms with E-state index in [0.717, 1.165) is 17.7 Å². The molecule has 7 heteroatoms. The predicted molar refractivity (Wildman–Crippen MR) is 94.1 cm³/mol. The number of hydrogen-bond acceptors (Lipinski definition) is 1. The zero-order valence-electron chi connectivity index (χ0n) is 12.7. The minimum absolute atomic E-state index is 0.141. The van der Waals surface area contributed by atoms with Crippen molar-refractivity contribution in [2.24, 2.45) is 0 Å². The Morgan fingerprint density at radius 1 is 1.04 bits per heavy atom. The average molecular weight is 383 g/mol. The van der Waals surface area contributed by atoms with Gasteiger partial charge >= 0.3 is 6.18 Å². The Bertz CT molecular complexity index is 908. The second-order valence-corrected chi connectivity index (χ2v) is 6.05. The minimum atomic E-state index is -4.53. The lowest BCUT2D eigenvalue weighted by Crippen LogP contribution is -2.07. The molecule has 3 rings (SSSR count). The zero-order valence-corrected chi connectivity index (χ0v) is 14.2. The van der Waals surface area contributed by atoms with E-state index in [1.807, 2.05) is 30.3 Å². The Hall–Kier alpha value is -2.24. The van der Waals surface area contributed by atoms with Crippen LogP contribution < -0.4 is 0 Å². The maximum atomic E-state index is 12.9. The fraction of sp³-hybridized carbons (Fsp3) is 0.0556. The van der Waals surface area contributed by atoms with E-state index in [1.165, 1.54) is 4.68 Å². The third-order valence-electron chi connectivity index (χ3n) is 3.58. The van der Waals surface area contributed by atoms with Gasteiger partial charge < -0.3 is 0 Å². The lowest BCUT2D eigenvalue weighted by molar-refractivity contribution is -0.137. The zero-order chi connectivity index (χ0) is 18.2. The summed E-state index contributed by atoms with van der Waals surface area (Å²) in [6.45, 7) is 3.75. The molecule has 128 valence electrons. The molecular formula is C18H11Cl2F3N2. The van der Waals surface area contributed by atoms with Gasteiger partial charge in [-0.3, -0.25) is 0 Å². The molecule has 0 aliphatic heterocycles. The molecule has 0 atom stereocenters. The Morgan fingerprint density at radius 2 is 1.64 bits per heavy atom. The van der Waals surface area contributed by atoms with Crippen LogP contribution in [0.2, 0.25) is 10.0 Å². The molecule has 0 bridgehead atoms. The molecule has 2 nitrogen and oxygen atoms in total. The van der Waals surface area contributed by atoms with Crippen molar-refractivity contribution >= 4 is 29.3 Å². The van der Waals surface area contributed by atoms with E-state index >= 15 is 0 Å². The second kappa shape index (κ2) is 6.58. The highest BCUT2D eigenvalue weighted by Crippen LogP contribution is 2.38. The molecule has 0 spiro atoms. The molecule has 0 amide bonds. The van der Waals surface area contributed by atoms with Gasteiger partial charge in [0.1, 0.15) is 5.69 Å². The molecule has 0 radical (unpaired) electrons. The molecule has 3 aromatic rings. The van der Waals surface area contributed by atoms with Crippen LogP contribution in [0.5, 0.6) is 0 Å². The number of aromatic nitrogens is 2. The summed E-state index contributed by atoms with van der Waals surface area (Å²) in [7, 11) is 0. The van der Waals surface area contributed by atoms with Crippen LogP contribution in [0.4, 0.5) is 13.2 Å². The summed E-state index contributed by atoms with van der Waals surface area (Å²) in [6, 6.07) is 11.0. The van der Waals surface area contributed by atoms with Crippen LogP contribution >= 0.6 is 23.2 Å². The van der Waals surface area contributed by atoms with Crippen molar-refractivity contribution < 1.29 is 13.2 Å². The highest BCUT2D eigenvalue weighted by atomic mass is 35.5. The highest BCUT2D eigenvalue weighted by Gasteiger charge is 2.32. The fourth-order valence-corrected chi connectivity index (χ4v) is 3.08. The van der Waals surface area contributed by atoms with Crippen LogP contribution in [0.25, 0.3) is 23.0 Å². The number of benzene rings is 2. The largest absolute Gasteiger partial charge is 0.416 e. The first-order chi connectivity index (χ1) is 11.8. The van der Waals surface area contributed by atoms with Crippen molar-refractivity contribution in [2.45, 2.75) is 6.18 Å². The van der Waals surface area contributed by atoms with E-state index in [-0.39, 0.29) is 15.7 Å². The van der Waals surface area contributed by atoms with E-state index in [0.29, 0.717) is 11.3 Å². The molecule has 2 aromatic carbocycles. The quantitative estimate of drug-likeness (QED) is 0.504. The molecule has 1 heterocycles. The van der Waals surface area contributed by atoms with Gasteiger partial charge in [-0.1, -0.05) is 66.2 Å².